The van der Waals surface area contributed by atoms with Crippen LogP contribution in [0.3, 0.4) is 0 Å². The van der Waals surface area contributed by atoms with Crippen molar-refractivity contribution in [2.45, 2.75) is 90.3 Å². The number of likely N-dealkylation sites (tertiary alicyclic amines) is 2. The van der Waals surface area contributed by atoms with Crippen LogP contribution >= 0.6 is 0 Å². The molecule has 4 aromatic carbocycles. The van der Waals surface area contributed by atoms with Crippen LogP contribution in [-0.2, 0) is 30.9 Å². The van der Waals surface area contributed by atoms with E-state index < -0.39 is 5.60 Å². The second-order valence-electron chi connectivity index (χ2n) is 21.7. The Hall–Kier alpha value is -7.81. The molecule has 2 saturated heterocycles. The fourth-order valence-corrected chi connectivity index (χ4v) is 10.9. The lowest BCUT2D eigenvalue weighted by Gasteiger charge is -2.39. The molecule has 432 valence electrons. The molecule has 20 heteroatoms. The van der Waals surface area contributed by atoms with Gasteiger partial charge < -0.3 is 72.9 Å². The second-order valence-corrected chi connectivity index (χ2v) is 21.7. The molecule has 20 nitrogen and oxygen atoms in total. The van der Waals surface area contributed by atoms with E-state index in [1.165, 1.54) is 17.7 Å². The zero-order valence-corrected chi connectivity index (χ0v) is 47.6. The highest BCUT2D eigenvalue weighted by atomic mass is 16.6. The summed E-state index contributed by atoms with van der Waals surface area (Å²) in [6, 6.07) is 26.1. The van der Waals surface area contributed by atoms with Crippen LogP contribution in [0.1, 0.15) is 78.3 Å². The molecule has 0 spiro atoms. The van der Waals surface area contributed by atoms with Gasteiger partial charge in [-0.15, -0.1) is 0 Å². The molecule has 0 unspecified atom stereocenters. The molecule has 10 rings (SSSR count). The third kappa shape index (κ3) is 14.2. The van der Waals surface area contributed by atoms with Gasteiger partial charge in [0.2, 0.25) is 0 Å². The van der Waals surface area contributed by atoms with Crippen LogP contribution in [0.4, 0.5) is 4.79 Å². The molecule has 4 aliphatic rings. The zero-order valence-electron chi connectivity index (χ0n) is 47.6. The number of ether oxygens (including phenoxy) is 7. The van der Waals surface area contributed by atoms with Gasteiger partial charge in [-0.1, -0.05) is 12.1 Å². The van der Waals surface area contributed by atoms with Gasteiger partial charge in [-0.25, -0.2) is 4.79 Å². The van der Waals surface area contributed by atoms with Gasteiger partial charge in [0, 0.05) is 114 Å². The lowest BCUT2D eigenvalue weighted by atomic mass is 10.0. The summed E-state index contributed by atoms with van der Waals surface area (Å²) in [4.78, 5) is 71.0. The quantitative estimate of drug-likeness (QED) is 0.0955. The minimum absolute atomic E-state index is 0.00560. The third-order valence-electron chi connectivity index (χ3n) is 15.2. The van der Waals surface area contributed by atoms with Crippen molar-refractivity contribution in [2.24, 2.45) is 0 Å². The van der Waals surface area contributed by atoms with E-state index in [4.69, 9.17) is 33.2 Å². The molecule has 2 fully saturated rings. The second kappa shape index (κ2) is 26.2. The molecule has 0 radical (unpaired) electrons. The van der Waals surface area contributed by atoms with Crippen molar-refractivity contribution in [1.29, 1.82) is 0 Å². The number of piperidine rings is 2. The highest BCUT2D eigenvalue weighted by Crippen LogP contribution is 2.34. The topological polar surface area (TPSA) is 206 Å². The number of nitrogens with one attached hydrogen (secondary N) is 3. The van der Waals surface area contributed by atoms with Crippen molar-refractivity contribution in [2.75, 3.05) is 94.0 Å². The summed E-state index contributed by atoms with van der Waals surface area (Å²) in [5, 5.41) is 10.4. The van der Waals surface area contributed by atoms with Crippen molar-refractivity contribution < 1.29 is 47.5 Å². The van der Waals surface area contributed by atoms with Gasteiger partial charge in [-0.05, 0) is 119 Å². The van der Waals surface area contributed by atoms with Crippen LogP contribution in [0.25, 0.3) is 21.8 Å². The molecule has 0 saturated carbocycles. The molecule has 6 aromatic rings. The first kappa shape index (κ1) is 57.9. The highest BCUT2D eigenvalue weighted by Gasteiger charge is 2.32. The Morgan fingerprint density at radius 1 is 0.580 bits per heavy atom. The van der Waals surface area contributed by atoms with E-state index in [-0.39, 0.29) is 35.1 Å². The van der Waals surface area contributed by atoms with Crippen LogP contribution < -0.4 is 55.5 Å². The highest BCUT2D eigenvalue weighted by molar-refractivity contribution is 6.07. The lowest BCUT2D eigenvalue weighted by Crippen LogP contribution is -2.49. The number of benzene rings is 4. The van der Waals surface area contributed by atoms with Crippen LogP contribution in [0.5, 0.6) is 34.5 Å². The first-order valence-electron chi connectivity index (χ1n) is 27.9. The van der Waals surface area contributed by atoms with Gasteiger partial charge in [0.05, 0.1) is 36.4 Å². The number of carbonyl (C=O) groups is 3. The molecule has 0 atom stereocenters. The Morgan fingerprint density at radius 3 is 1.51 bits per heavy atom. The minimum Gasteiger partial charge on any atom is -0.497 e. The summed E-state index contributed by atoms with van der Waals surface area (Å²) >= 11 is 0. The molecular formula is C61H76N8O12. The van der Waals surface area contributed by atoms with Crippen LogP contribution in [0.2, 0.25) is 0 Å². The van der Waals surface area contributed by atoms with Gasteiger partial charge in [0.25, 0.3) is 22.9 Å². The number of nitrogens with zero attached hydrogens (tertiary/aromatic N) is 5. The van der Waals surface area contributed by atoms with Crippen LogP contribution in [0.15, 0.2) is 94.5 Å². The number of methoxy groups -OCH3 is 2. The minimum atomic E-state index is -0.616. The van der Waals surface area contributed by atoms with E-state index >= 15 is 0 Å². The maximum absolute atomic E-state index is 13.4. The predicted octanol–water partition coefficient (Wildman–Crippen LogP) is 6.44. The van der Waals surface area contributed by atoms with E-state index in [9.17, 15) is 24.0 Å². The standard InChI is InChI=1S/C33H42N4O7.C28H34N4O5/c1-33(2,3)44-32(40)37(21-22-6-9-28-29(18-22)43-17-16-42-28)23-10-12-35(13-11-23)14-15-36-27-19-24(41-5)7-8-25(27)26(20-30(36)38)31(39)34-4;1-29-28(34)23-17-27(33)32(24-16-21(35-2)4-5-22(23)24)12-11-31-9-7-20(8-10-31)30-18-19-3-6-25-26(15-19)37-14-13-36-25/h6-9,18-20,23H,10-17,21H2,1-5H3,(H,34,39);3-6,15-17,20,30H,7-14,18H2,1-2H3,(H,29,34). The van der Waals surface area contributed by atoms with Crippen molar-refractivity contribution in [1.82, 2.24) is 39.8 Å². The maximum atomic E-state index is 13.4. The smallest absolute Gasteiger partial charge is 0.410 e. The molecule has 3 N–H and O–H groups in total. The normalized spacial score (nSPS) is 15.8. The molecule has 6 heterocycles. The Kier molecular flexibility index (Phi) is 18.7. The van der Waals surface area contributed by atoms with Crippen molar-refractivity contribution in [3.05, 3.63) is 128 Å². The van der Waals surface area contributed by atoms with E-state index in [0.29, 0.717) is 109 Å². The van der Waals surface area contributed by atoms with Crippen molar-refractivity contribution >= 4 is 39.7 Å². The summed E-state index contributed by atoms with van der Waals surface area (Å²) < 4.78 is 42.8. The molecule has 3 amide bonds. The zero-order chi connectivity index (χ0) is 57.2. The fourth-order valence-electron chi connectivity index (χ4n) is 10.9. The Morgan fingerprint density at radius 2 is 1.04 bits per heavy atom. The van der Waals surface area contributed by atoms with E-state index in [2.05, 4.69) is 37.9 Å². The first-order valence-corrected chi connectivity index (χ1v) is 27.9. The van der Waals surface area contributed by atoms with Gasteiger partial charge >= 0.3 is 6.09 Å². The number of pyridine rings is 2. The van der Waals surface area contributed by atoms with Gasteiger partial charge in [0.1, 0.15) is 43.5 Å². The SMILES string of the molecule is CNC(=O)c1cc(=O)n(CCN2CCC(N(Cc3ccc4c(c3)OCCO4)C(=O)OC(C)(C)C)CC2)c2cc(OC)ccc12.CNC(=O)c1cc(=O)n(CCN2CCC(NCc3ccc4c(c3)OCCO4)CC2)c2cc(OC)ccc12. The lowest BCUT2D eigenvalue weighted by molar-refractivity contribution is 0.00560. The summed E-state index contributed by atoms with van der Waals surface area (Å²) in [6.45, 7) is 14.9. The van der Waals surface area contributed by atoms with Gasteiger partial charge in [0.15, 0.2) is 23.0 Å². The van der Waals surface area contributed by atoms with Crippen LogP contribution in [-0.4, -0.2) is 153 Å². The molecular weight excluding hydrogens is 1040 g/mol. The molecule has 81 heavy (non-hydrogen) atoms. The molecule has 0 aliphatic carbocycles. The predicted molar refractivity (Wildman–Crippen MR) is 309 cm³/mol. The monoisotopic (exact) mass is 1110 g/mol. The third-order valence-corrected chi connectivity index (χ3v) is 15.2. The maximum Gasteiger partial charge on any atom is 0.410 e. The Bertz CT molecular complexity index is 3340. The number of fused-ring (bicyclic) bond motifs is 4. The molecule has 2 aromatic heterocycles. The van der Waals surface area contributed by atoms with Gasteiger partial charge in [-0.2, -0.15) is 0 Å². The summed E-state index contributed by atoms with van der Waals surface area (Å²) in [5.74, 6) is 3.73. The fraction of sp³-hybridized carbons (Fsp3) is 0.459. The largest absolute Gasteiger partial charge is 0.497 e. The van der Waals surface area contributed by atoms with E-state index in [1.54, 1.807) is 49.6 Å². The summed E-state index contributed by atoms with van der Waals surface area (Å²) in [6.07, 6.45) is 3.29. The van der Waals surface area contributed by atoms with Gasteiger partial charge in [-0.3, -0.25) is 19.2 Å². The number of carbonyl (C=O) groups excluding carboxylic acids is 3. The summed E-state index contributed by atoms with van der Waals surface area (Å²) in [5.41, 5.74) is 3.18. The number of rotatable bonds is 16. The summed E-state index contributed by atoms with van der Waals surface area (Å²) in [7, 11) is 6.29. The first-order chi connectivity index (χ1) is 39.1. The van der Waals surface area contributed by atoms with Crippen molar-refractivity contribution in [3.8, 4) is 34.5 Å². The number of hydrogen-bond acceptors (Lipinski definition) is 15. The van der Waals surface area contributed by atoms with Crippen molar-refractivity contribution in [3.63, 3.8) is 0 Å². The number of aromatic nitrogens is 2. The number of amides is 3. The molecule has 0 bridgehead atoms. The van der Waals surface area contributed by atoms with E-state index in [1.807, 2.05) is 74.2 Å². The Balaban J connectivity index is 0.000000198. The van der Waals surface area contributed by atoms with Crippen LogP contribution in [0, 0.1) is 0 Å². The van der Waals surface area contributed by atoms with E-state index in [0.717, 1.165) is 87.4 Å². The average molecular weight is 1110 g/mol. The average Bonchev–Trinajstić information content (AvgIpc) is 3.69. The number of hydrogen-bond donors (Lipinski definition) is 3. The Labute approximate surface area is 472 Å². The molecule has 4 aliphatic heterocycles.